The van der Waals surface area contributed by atoms with Crippen LogP contribution in [0.5, 0.6) is 0 Å². The summed E-state index contributed by atoms with van der Waals surface area (Å²) in [5.74, 6) is 0. The van der Waals surface area contributed by atoms with Crippen LogP contribution in [-0.2, 0) is 39.3 Å². The number of rotatable bonds is 0. The minimum absolute atomic E-state index is 0. The summed E-state index contributed by atoms with van der Waals surface area (Å²) >= 11 is 0. The van der Waals surface area contributed by atoms with Crippen molar-refractivity contribution in [2.24, 2.45) is 0 Å². The van der Waals surface area contributed by atoms with E-state index in [-0.39, 0.29) is 39.3 Å². The molecule has 0 aromatic heterocycles. The SMILES string of the molecule is C1C[NH2+]CC[NH2+]1.[Cr+6].[O-2].[O-2].[O-2].[O-2]. The molecule has 0 atom stereocenters. The first kappa shape index (κ1) is 30.2. The van der Waals surface area contributed by atoms with Crippen LogP contribution >= 0.6 is 0 Å². The van der Waals surface area contributed by atoms with Crippen molar-refractivity contribution in [2.45, 2.75) is 0 Å². The molecule has 1 saturated heterocycles. The van der Waals surface area contributed by atoms with Crippen molar-refractivity contribution in [2.75, 3.05) is 26.2 Å². The minimum atomic E-state index is 0. The monoisotopic (exact) mass is 204 g/mol. The Kier molecular flexibility index (Phi) is 61.6. The summed E-state index contributed by atoms with van der Waals surface area (Å²) < 4.78 is 0. The van der Waals surface area contributed by atoms with Crippen LogP contribution in [0.2, 0.25) is 0 Å². The zero-order valence-corrected chi connectivity index (χ0v) is 7.30. The van der Waals surface area contributed by atoms with Gasteiger partial charge >= 0.3 is 17.4 Å². The average molecular weight is 204 g/mol. The van der Waals surface area contributed by atoms with E-state index in [4.69, 9.17) is 0 Å². The second-order valence-corrected chi connectivity index (χ2v) is 1.73. The molecule has 4 N–H and O–H groups in total. The molecule has 1 fully saturated rings. The molecule has 0 unspecified atom stereocenters. The van der Waals surface area contributed by atoms with Crippen molar-refractivity contribution < 1.29 is 49.9 Å². The number of hydrogen-bond donors (Lipinski definition) is 2. The topological polar surface area (TPSA) is 147 Å². The molecule has 0 aliphatic carbocycles. The third-order valence-corrected chi connectivity index (χ3v) is 1.15. The molecule has 1 heterocycles. The molecule has 1 aliphatic rings. The van der Waals surface area contributed by atoms with Crippen LogP contribution in [0.25, 0.3) is 0 Å². The fraction of sp³-hybridized carbons (Fsp3) is 1.00. The summed E-state index contributed by atoms with van der Waals surface area (Å²) in [5, 5.41) is 4.72. The van der Waals surface area contributed by atoms with Crippen LogP contribution < -0.4 is 10.6 Å². The Morgan fingerprint density at radius 3 is 0.818 bits per heavy atom. The van der Waals surface area contributed by atoms with Gasteiger partial charge in [0.05, 0.1) is 0 Å². The number of hydrogen-bond acceptors (Lipinski definition) is 0. The van der Waals surface area contributed by atoms with Gasteiger partial charge in [-0.3, -0.25) is 0 Å². The Bertz CT molecular complexity index is 35.6. The van der Waals surface area contributed by atoms with Crippen LogP contribution in [0.15, 0.2) is 0 Å². The summed E-state index contributed by atoms with van der Waals surface area (Å²) in [6.07, 6.45) is 0. The first-order valence-electron chi connectivity index (χ1n) is 2.63. The first-order valence-corrected chi connectivity index (χ1v) is 2.63. The molecule has 68 valence electrons. The summed E-state index contributed by atoms with van der Waals surface area (Å²) in [4.78, 5) is 0. The molecule has 0 radical (unpaired) electrons. The van der Waals surface area contributed by atoms with E-state index in [0.717, 1.165) is 0 Å². The fourth-order valence-electron chi connectivity index (χ4n) is 0.760. The predicted octanol–water partition coefficient (Wildman–Crippen LogP) is -3.35. The van der Waals surface area contributed by atoms with Crippen molar-refractivity contribution in [3.63, 3.8) is 0 Å². The summed E-state index contributed by atoms with van der Waals surface area (Å²) in [6.45, 7) is 5.28. The van der Waals surface area contributed by atoms with E-state index in [2.05, 4.69) is 10.6 Å². The number of nitrogens with two attached hydrogens (primary N) is 2. The van der Waals surface area contributed by atoms with E-state index >= 15 is 0 Å². The summed E-state index contributed by atoms with van der Waals surface area (Å²) in [5.41, 5.74) is 0. The van der Waals surface area contributed by atoms with Gasteiger partial charge in [0.1, 0.15) is 26.2 Å². The maximum Gasteiger partial charge on any atom is 6.00 e. The molecular formula is C4H12CrN2O4. The van der Waals surface area contributed by atoms with Crippen LogP contribution in [0.4, 0.5) is 0 Å². The Hall–Kier alpha value is 0.292. The van der Waals surface area contributed by atoms with E-state index in [1.54, 1.807) is 0 Å². The molecule has 0 amide bonds. The van der Waals surface area contributed by atoms with Gasteiger partial charge in [-0.05, 0) is 0 Å². The standard InChI is InChI=1S/C4H10N2.Cr.4O/c1-2-6-4-3-5-1;;;;;/h5-6H,1-4H2;;;;;/q;+6;4*-2/p+2. The van der Waals surface area contributed by atoms with Gasteiger partial charge in [-0.25, -0.2) is 0 Å². The van der Waals surface area contributed by atoms with Gasteiger partial charge < -0.3 is 32.5 Å². The predicted molar refractivity (Wildman–Crippen MR) is 26.1 cm³/mol. The molecular weight excluding hydrogens is 192 g/mol. The maximum absolute atomic E-state index is 2.36. The molecule has 6 nitrogen and oxygen atoms in total. The van der Waals surface area contributed by atoms with Crippen LogP contribution in [0.1, 0.15) is 0 Å². The van der Waals surface area contributed by atoms with E-state index < -0.39 is 0 Å². The fourth-order valence-corrected chi connectivity index (χ4v) is 0.760. The van der Waals surface area contributed by atoms with Crippen molar-refractivity contribution in [1.29, 1.82) is 0 Å². The van der Waals surface area contributed by atoms with Gasteiger partial charge in [0.2, 0.25) is 0 Å². The van der Waals surface area contributed by atoms with E-state index in [0.29, 0.717) is 0 Å². The van der Waals surface area contributed by atoms with E-state index in [9.17, 15) is 0 Å². The van der Waals surface area contributed by atoms with Crippen LogP contribution in [0, 0.1) is 0 Å². The van der Waals surface area contributed by atoms with Gasteiger partial charge in [0.15, 0.2) is 0 Å². The molecule has 0 saturated carbocycles. The molecule has 0 aromatic rings. The van der Waals surface area contributed by atoms with Gasteiger partial charge in [-0.15, -0.1) is 0 Å². The number of piperazine rings is 1. The van der Waals surface area contributed by atoms with Crippen molar-refractivity contribution in [3.05, 3.63) is 0 Å². The normalized spacial score (nSPS) is 13.1. The third kappa shape index (κ3) is 17.9. The van der Waals surface area contributed by atoms with Gasteiger partial charge in [-0.1, -0.05) is 0 Å². The smallest absolute Gasteiger partial charge is 2.00 e. The Morgan fingerprint density at radius 1 is 0.545 bits per heavy atom. The van der Waals surface area contributed by atoms with Gasteiger partial charge in [-0.2, -0.15) is 0 Å². The van der Waals surface area contributed by atoms with Crippen LogP contribution in [0.3, 0.4) is 0 Å². The minimum Gasteiger partial charge on any atom is -2.00 e. The molecule has 7 heteroatoms. The first-order chi connectivity index (χ1) is 3.00. The second kappa shape index (κ2) is 22.4. The van der Waals surface area contributed by atoms with E-state index in [1.165, 1.54) is 26.2 Å². The van der Waals surface area contributed by atoms with Crippen LogP contribution in [-0.4, -0.2) is 26.2 Å². The Labute approximate surface area is 76.7 Å². The largest absolute Gasteiger partial charge is 6.00 e. The van der Waals surface area contributed by atoms with Crippen molar-refractivity contribution in [3.8, 4) is 0 Å². The average Bonchev–Trinajstić information content (AvgIpc) is 1.72. The third-order valence-electron chi connectivity index (χ3n) is 1.15. The molecule has 11 heavy (non-hydrogen) atoms. The molecule has 0 aromatic carbocycles. The van der Waals surface area contributed by atoms with Gasteiger partial charge in [0, 0.05) is 0 Å². The maximum atomic E-state index is 2.36. The van der Waals surface area contributed by atoms with Crippen molar-refractivity contribution >= 4 is 0 Å². The van der Waals surface area contributed by atoms with Gasteiger partial charge in [0.25, 0.3) is 0 Å². The summed E-state index contributed by atoms with van der Waals surface area (Å²) in [7, 11) is 0. The molecule has 0 bridgehead atoms. The quantitative estimate of drug-likeness (QED) is 0.405. The molecule has 1 aliphatic heterocycles. The molecule has 0 spiro atoms. The van der Waals surface area contributed by atoms with Crippen molar-refractivity contribution in [1.82, 2.24) is 0 Å². The van der Waals surface area contributed by atoms with E-state index in [1.807, 2.05) is 0 Å². The zero-order chi connectivity index (χ0) is 4.24. The Balaban J connectivity index is -0.0000000240. The number of quaternary nitrogens is 2. The Morgan fingerprint density at radius 2 is 0.727 bits per heavy atom. The molecule has 1 rings (SSSR count). The zero-order valence-electron chi connectivity index (χ0n) is 6.02. The second-order valence-electron chi connectivity index (χ2n) is 1.73. The summed E-state index contributed by atoms with van der Waals surface area (Å²) in [6, 6.07) is 0.